The maximum absolute atomic E-state index is 12.8. The molecule has 0 spiro atoms. The molecule has 1 N–H and O–H groups in total. The van der Waals surface area contributed by atoms with Crippen LogP contribution in [-0.4, -0.2) is 50.7 Å². The minimum Gasteiger partial charge on any atom is -0.311 e. The summed E-state index contributed by atoms with van der Waals surface area (Å²) in [6.45, 7) is 6.23. The van der Waals surface area contributed by atoms with Crippen molar-refractivity contribution >= 4 is 35.8 Å². The van der Waals surface area contributed by atoms with Crippen molar-refractivity contribution in [3.8, 4) is 11.4 Å². The highest BCUT2D eigenvalue weighted by atomic mass is 19.4. The Morgan fingerprint density at radius 3 is 1.36 bits per heavy atom. The number of anilines is 2. The maximum Gasteiger partial charge on any atom is 0.435 e. The lowest BCUT2D eigenvalue weighted by Gasteiger charge is -2.16. The van der Waals surface area contributed by atoms with Crippen molar-refractivity contribution in [1.82, 2.24) is 19.6 Å². The van der Waals surface area contributed by atoms with Gasteiger partial charge >= 0.3 is 24.7 Å². The van der Waals surface area contributed by atoms with Gasteiger partial charge in [0.1, 0.15) is 11.6 Å². The lowest BCUT2D eigenvalue weighted by molar-refractivity contribution is -0.193. The first-order valence-corrected chi connectivity index (χ1v) is 12.8. The van der Waals surface area contributed by atoms with Gasteiger partial charge in [0.15, 0.2) is 11.4 Å². The Hall–Kier alpha value is -5.86. The summed E-state index contributed by atoms with van der Waals surface area (Å²) in [6, 6.07) is 15.3. The lowest BCUT2D eigenvalue weighted by Crippen LogP contribution is -2.25. The smallest absolute Gasteiger partial charge is 0.311 e. The van der Waals surface area contributed by atoms with Gasteiger partial charge in [0.25, 0.3) is 0 Å². The Morgan fingerprint density at radius 1 is 0.680 bits per heavy atom. The molecule has 0 radical (unpaired) electrons. The van der Waals surface area contributed by atoms with Gasteiger partial charge in [-0.3, -0.25) is 9.59 Å². The van der Waals surface area contributed by atoms with Crippen LogP contribution in [0.15, 0.2) is 60.7 Å². The van der Waals surface area contributed by atoms with Crippen molar-refractivity contribution in [1.29, 1.82) is 0 Å². The number of alkyl halides is 6. The number of hydrogen-bond acceptors (Lipinski definition) is 8. The monoisotopic (exact) mass is 716 g/mol. The molecule has 4 aromatic rings. The summed E-state index contributed by atoms with van der Waals surface area (Å²) in [5, 5.41) is 9.43. The molecule has 0 aliphatic rings. The molecule has 18 heteroatoms. The van der Waals surface area contributed by atoms with E-state index in [9.17, 15) is 35.9 Å². The van der Waals surface area contributed by atoms with E-state index in [-0.39, 0.29) is 52.1 Å². The van der Waals surface area contributed by atoms with E-state index < -0.39 is 29.6 Å². The van der Waals surface area contributed by atoms with Crippen LogP contribution in [0.25, 0.3) is 11.4 Å². The second-order valence-electron chi connectivity index (χ2n) is 9.22. The molecule has 4 rings (SSSR count). The Bertz CT molecular complexity index is 1710. The first kappa shape index (κ1) is 48.5. The normalized spacial score (nSPS) is 9.74. The van der Waals surface area contributed by atoms with E-state index in [1.807, 2.05) is 13.8 Å². The first-order valence-electron chi connectivity index (χ1n) is 12.8. The first-order chi connectivity index (χ1) is 21.8. The average Bonchev–Trinajstić information content (AvgIpc) is 3.60. The van der Waals surface area contributed by atoms with Crippen LogP contribution < -0.4 is 10.2 Å². The van der Waals surface area contributed by atoms with Crippen molar-refractivity contribution in [3.05, 3.63) is 83.2 Å². The molecule has 0 aliphatic carbocycles. The number of carbonyl (C=O) groups is 2. The molecule has 2 aromatic carbocycles. The van der Waals surface area contributed by atoms with Gasteiger partial charge in [0.05, 0.1) is 11.4 Å². The molecular formula is C32H38F6N6O6. The van der Waals surface area contributed by atoms with Crippen molar-refractivity contribution in [3.63, 3.8) is 0 Å². The topological polar surface area (TPSA) is 153 Å². The highest BCUT2D eigenvalue weighted by Crippen LogP contribution is 2.33. The molecule has 0 unspecified atom stereocenters. The van der Waals surface area contributed by atoms with E-state index >= 15 is 0 Å². The molecule has 0 aliphatic heterocycles. The van der Waals surface area contributed by atoms with Crippen LogP contribution in [-0.2, 0) is 41.1 Å². The fourth-order valence-electron chi connectivity index (χ4n) is 3.46. The Labute approximate surface area is 284 Å². The molecular weight excluding hydrogens is 678 g/mol. The number of benzene rings is 2. The van der Waals surface area contributed by atoms with Gasteiger partial charge in [0.2, 0.25) is 11.8 Å². The highest BCUT2D eigenvalue weighted by Gasteiger charge is 2.36. The van der Waals surface area contributed by atoms with Gasteiger partial charge in [-0.1, -0.05) is 57.7 Å². The van der Waals surface area contributed by atoms with Crippen molar-refractivity contribution in [2.45, 2.75) is 62.3 Å². The van der Waals surface area contributed by atoms with Crippen LogP contribution in [0.3, 0.4) is 0 Å². The van der Waals surface area contributed by atoms with Crippen LogP contribution >= 0.6 is 0 Å². The van der Waals surface area contributed by atoms with Crippen LogP contribution in [0.2, 0.25) is 0 Å². The highest BCUT2D eigenvalue weighted by molar-refractivity contribution is 5.90. The molecule has 0 saturated carbocycles. The summed E-state index contributed by atoms with van der Waals surface area (Å²) >= 11 is 0. The molecule has 2 aromatic heterocycles. The molecule has 0 bridgehead atoms. The molecule has 50 heavy (non-hydrogen) atoms. The minimum atomic E-state index is -4.57. The molecule has 12 nitrogen and oxygen atoms in total. The number of amides is 2. The van der Waals surface area contributed by atoms with E-state index in [0.717, 1.165) is 37.5 Å². The predicted molar refractivity (Wildman–Crippen MR) is 170 cm³/mol. The number of rotatable bonds is 4. The fourth-order valence-corrected chi connectivity index (χ4v) is 3.46. The second kappa shape index (κ2) is 21.2. The summed E-state index contributed by atoms with van der Waals surface area (Å²) in [7, 11) is 1.41. The van der Waals surface area contributed by atoms with Gasteiger partial charge < -0.3 is 10.2 Å². The lowest BCUT2D eigenvalue weighted by atomic mass is 10.2. The third-order valence-corrected chi connectivity index (χ3v) is 5.66. The largest absolute Gasteiger partial charge is 0.435 e. The zero-order valence-corrected chi connectivity index (χ0v) is 25.2. The van der Waals surface area contributed by atoms with E-state index in [4.69, 9.17) is 19.2 Å². The van der Waals surface area contributed by atoms with Crippen molar-refractivity contribution < 1.29 is 55.1 Å². The molecule has 274 valence electrons. The van der Waals surface area contributed by atoms with E-state index in [0.29, 0.717) is 11.4 Å². The van der Waals surface area contributed by atoms with Gasteiger partial charge in [0, 0.05) is 33.0 Å². The van der Waals surface area contributed by atoms with E-state index in [2.05, 4.69) is 15.5 Å². The third-order valence-electron chi connectivity index (χ3n) is 5.66. The van der Waals surface area contributed by atoms with Crippen molar-refractivity contribution in [2.24, 2.45) is 0 Å². The Morgan fingerprint density at radius 2 is 1.02 bits per heavy atom. The van der Waals surface area contributed by atoms with Gasteiger partial charge in [-0.2, -0.15) is 55.7 Å². The minimum absolute atomic E-state index is 0. The summed E-state index contributed by atoms with van der Waals surface area (Å²) in [4.78, 5) is 56.1. The summed E-state index contributed by atoms with van der Waals surface area (Å²) in [6.07, 6.45) is -8.63. The number of carbonyl (C=O) groups excluding carboxylic acids is 6. The van der Waals surface area contributed by atoms with Crippen molar-refractivity contribution in [2.75, 3.05) is 17.3 Å². The average molecular weight is 717 g/mol. The summed E-state index contributed by atoms with van der Waals surface area (Å²) < 4.78 is 78.8. The van der Waals surface area contributed by atoms with Gasteiger partial charge in [-0.15, -0.1) is 0 Å². The maximum atomic E-state index is 12.8. The van der Waals surface area contributed by atoms with Gasteiger partial charge in [-0.05, 0) is 38.1 Å². The predicted octanol–water partition coefficient (Wildman–Crippen LogP) is 7.08. The number of aromatic nitrogens is 4. The molecule has 0 fully saturated rings. The van der Waals surface area contributed by atoms with Gasteiger partial charge in [-0.25, -0.2) is 9.36 Å². The summed E-state index contributed by atoms with van der Waals surface area (Å²) in [5.74, 6) is -0.795. The van der Waals surface area contributed by atoms with Crippen LogP contribution in [0.5, 0.6) is 0 Å². The Kier molecular flexibility index (Phi) is 20.6. The number of nitrogens with one attached hydrogen (secondary N) is 1. The Balaban J connectivity index is -0.000000726. The fraction of sp³-hybridized carbons (Fsp3) is 0.312. The number of nitrogens with zero attached hydrogens (tertiary/aromatic N) is 5. The van der Waals surface area contributed by atoms with Crippen LogP contribution in [0, 0.1) is 13.8 Å². The quantitative estimate of drug-likeness (QED) is 0.220. The number of hydrogen-bond donors (Lipinski definition) is 1. The molecule has 0 atom stereocenters. The molecule has 2 heterocycles. The molecule has 2 amide bonds. The zero-order chi connectivity index (χ0) is 36.1. The third kappa shape index (κ3) is 14.5. The molecule has 0 saturated heterocycles. The summed E-state index contributed by atoms with van der Waals surface area (Å²) in [5.41, 5.74) is 0.753. The zero-order valence-electron chi connectivity index (χ0n) is 25.2. The second-order valence-corrected chi connectivity index (χ2v) is 9.22. The SMILES string of the molecule is C.C.C.CC(=O)N(C)c1cc(C(F)(F)F)nn1-c1ccc(C)cc1.CC(=O)Nc1cc(C(F)(F)F)nn1-c1ccc(C)cc1.O=C=O.O=C=O. The van der Waals surface area contributed by atoms with E-state index in [1.54, 1.807) is 48.5 Å². The standard InChI is InChI=1S/C14H14F3N3O.C13H12F3N3O.2CO2.3CH4/c1-9-4-6-11(7-5-9)20-13(19(3)10(2)21)8-12(18-20)14(15,16)17;1-8-3-5-10(6-4-8)19-12(17-9(2)20)7-11(18-19)13(14,15)16;2*2-1-3;;;/h4-8H,1-3H3;3-7H,1-2H3,(H,17,20);;;3*1H4. The number of halogens is 6. The number of aryl methyl sites for hydroxylation is 2. The van der Waals surface area contributed by atoms with E-state index in [1.165, 1.54) is 20.9 Å². The van der Waals surface area contributed by atoms with Crippen LogP contribution in [0.4, 0.5) is 38.0 Å². The van der Waals surface area contributed by atoms with Crippen LogP contribution in [0.1, 0.15) is 58.6 Å².